The Bertz CT molecular complexity index is 1460. The molecule has 1 aromatic heterocycles. The molecule has 1 aliphatic heterocycles. The van der Waals surface area contributed by atoms with E-state index in [9.17, 15) is 19.2 Å². The molecule has 0 aliphatic carbocycles. The maximum atomic E-state index is 13.8. The van der Waals surface area contributed by atoms with Gasteiger partial charge in [0.25, 0.3) is 5.91 Å². The van der Waals surface area contributed by atoms with E-state index in [0.29, 0.717) is 25.1 Å². The number of para-hydroxylation sites is 1. The third-order valence-electron chi connectivity index (χ3n) is 7.84. The van der Waals surface area contributed by atoms with Gasteiger partial charge in [0.1, 0.15) is 24.4 Å². The molecular formula is C34H43N5O5S. The van der Waals surface area contributed by atoms with Crippen molar-refractivity contribution in [1.82, 2.24) is 25.8 Å². The highest BCUT2D eigenvalue weighted by Gasteiger charge is 2.32. The SMILES string of the molecule is Cc1csc(CCCNC(=O)[C@@H]2CCC(=O)N[C@@H](C(C)C)C(=O)N(C)[C@H](Cc3ccccc3)COc3ccccc3C(=O)N2)n1. The van der Waals surface area contributed by atoms with Crippen LogP contribution in [0.2, 0.25) is 0 Å². The number of aryl methyl sites for hydroxylation is 2. The number of carbonyl (C=O) groups excluding carboxylic acids is 4. The highest BCUT2D eigenvalue weighted by molar-refractivity contribution is 7.09. The third kappa shape index (κ3) is 9.62. The van der Waals surface area contributed by atoms with Gasteiger partial charge in [0.15, 0.2) is 0 Å². The fourth-order valence-corrected chi connectivity index (χ4v) is 6.01. The van der Waals surface area contributed by atoms with Gasteiger partial charge in [0.05, 0.1) is 16.6 Å². The molecule has 45 heavy (non-hydrogen) atoms. The summed E-state index contributed by atoms with van der Waals surface area (Å²) in [5, 5.41) is 11.6. The topological polar surface area (TPSA) is 130 Å². The molecule has 0 fully saturated rings. The molecule has 1 aliphatic rings. The zero-order chi connectivity index (χ0) is 32.3. The summed E-state index contributed by atoms with van der Waals surface area (Å²) >= 11 is 1.59. The van der Waals surface area contributed by atoms with E-state index in [1.807, 2.05) is 56.5 Å². The minimum absolute atomic E-state index is 0.0530. The summed E-state index contributed by atoms with van der Waals surface area (Å²) in [7, 11) is 1.72. The standard InChI is InChI=1S/C34H43N5O5S/c1-22(2)31-34(43)39(4)25(19-24-11-6-5-7-12-24)20-44-28-14-9-8-13-26(28)32(41)37-27(16-17-29(40)38-31)33(42)35-18-10-15-30-36-23(3)21-45-30/h5-9,11-14,21-22,25,27,31H,10,15-20H2,1-4H3,(H,35,42)(H,37,41)(H,38,40)/t25-,27+,31+/m1/s1. The first-order valence-electron chi connectivity index (χ1n) is 15.4. The Hall–Kier alpha value is -4.25. The van der Waals surface area contributed by atoms with Crippen molar-refractivity contribution < 1.29 is 23.9 Å². The van der Waals surface area contributed by atoms with Gasteiger partial charge in [-0.3, -0.25) is 19.2 Å². The first kappa shape index (κ1) is 33.6. The van der Waals surface area contributed by atoms with Crippen LogP contribution in [0.25, 0.3) is 0 Å². The minimum atomic E-state index is -0.967. The predicted octanol–water partition coefficient (Wildman–Crippen LogP) is 3.68. The zero-order valence-corrected chi connectivity index (χ0v) is 27.2. The Morgan fingerprint density at radius 3 is 2.53 bits per heavy atom. The minimum Gasteiger partial charge on any atom is -0.491 e. The maximum Gasteiger partial charge on any atom is 0.255 e. The van der Waals surface area contributed by atoms with Gasteiger partial charge >= 0.3 is 0 Å². The number of benzene rings is 2. The number of hydrogen-bond acceptors (Lipinski definition) is 7. The summed E-state index contributed by atoms with van der Waals surface area (Å²) in [6, 6.07) is 14.5. The second kappa shape index (κ2) is 16.2. The fourth-order valence-electron chi connectivity index (χ4n) is 5.19. The van der Waals surface area contributed by atoms with Crippen LogP contribution in [0.4, 0.5) is 0 Å². The molecule has 0 saturated carbocycles. The highest BCUT2D eigenvalue weighted by atomic mass is 32.1. The number of aromatic nitrogens is 1. The van der Waals surface area contributed by atoms with Gasteiger partial charge in [-0.1, -0.05) is 56.3 Å². The normalized spacial score (nSPS) is 19.9. The van der Waals surface area contributed by atoms with E-state index in [1.165, 1.54) is 0 Å². The smallest absolute Gasteiger partial charge is 0.255 e. The van der Waals surface area contributed by atoms with Crippen LogP contribution >= 0.6 is 11.3 Å². The number of nitrogens with zero attached hydrogens (tertiary/aromatic N) is 2. The lowest BCUT2D eigenvalue weighted by molar-refractivity contribution is -0.139. The van der Waals surface area contributed by atoms with Crippen molar-refractivity contribution in [2.45, 2.75) is 71.0 Å². The second-order valence-corrected chi connectivity index (χ2v) is 12.7. The van der Waals surface area contributed by atoms with Crippen molar-refractivity contribution in [3.63, 3.8) is 0 Å². The molecular weight excluding hydrogens is 590 g/mol. The van der Waals surface area contributed by atoms with Gasteiger partial charge in [0.2, 0.25) is 17.7 Å². The second-order valence-electron chi connectivity index (χ2n) is 11.7. The number of nitrogens with one attached hydrogen (secondary N) is 3. The van der Waals surface area contributed by atoms with Crippen LogP contribution in [-0.2, 0) is 27.2 Å². The van der Waals surface area contributed by atoms with Gasteiger partial charge in [-0.05, 0) is 49.8 Å². The average Bonchev–Trinajstić information content (AvgIpc) is 3.45. The molecule has 10 nitrogen and oxygen atoms in total. The summed E-state index contributed by atoms with van der Waals surface area (Å²) in [5.41, 5.74) is 2.26. The summed E-state index contributed by atoms with van der Waals surface area (Å²) in [6.45, 7) is 6.22. The van der Waals surface area contributed by atoms with Crippen LogP contribution in [0.3, 0.4) is 0 Å². The molecule has 0 saturated heterocycles. The number of likely N-dealkylation sites (N-methyl/N-ethyl adjacent to an activating group) is 1. The van der Waals surface area contributed by atoms with Crippen LogP contribution in [0.1, 0.15) is 59.7 Å². The van der Waals surface area contributed by atoms with E-state index in [4.69, 9.17) is 4.74 Å². The van der Waals surface area contributed by atoms with Gasteiger partial charge in [-0.15, -0.1) is 11.3 Å². The largest absolute Gasteiger partial charge is 0.491 e. The predicted molar refractivity (Wildman–Crippen MR) is 174 cm³/mol. The first-order valence-corrected chi connectivity index (χ1v) is 16.3. The van der Waals surface area contributed by atoms with Crippen molar-refractivity contribution >= 4 is 35.0 Å². The lowest BCUT2D eigenvalue weighted by atomic mass is 9.99. The van der Waals surface area contributed by atoms with E-state index >= 15 is 0 Å². The Morgan fingerprint density at radius 2 is 1.82 bits per heavy atom. The summed E-state index contributed by atoms with van der Waals surface area (Å²) in [4.78, 5) is 59.9. The number of hydrogen-bond donors (Lipinski definition) is 3. The number of thiazole rings is 1. The molecule has 0 unspecified atom stereocenters. The van der Waals surface area contributed by atoms with Gasteiger partial charge in [-0.25, -0.2) is 4.98 Å². The zero-order valence-electron chi connectivity index (χ0n) is 26.4. The molecule has 3 aromatic rings. The van der Waals surface area contributed by atoms with Gasteiger partial charge < -0.3 is 25.6 Å². The molecule has 4 rings (SSSR count). The van der Waals surface area contributed by atoms with E-state index in [2.05, 4.69) is 20.9 Å². The molecule has 4 amide bonds. The Labute approximate surface area is 269 Å². The summed E-state index contributed by atoms with van der Waals surface area (Å²) in [5.74, 6) is -1.30. The number of rotatable bonds is 8. The van der Waals surface area contributed by atoms with Gasteiger partial charge in [-0.2, -0.15) is 0 Å². The Balaban J connectivity index is 1.56. The molecule has 0 spiro atoms. The van der Waals surface area contributed by atoms with Crippen molar-refractivity contribution in [3.05, 3.63) is 81.8 Å². The molecule has 11 heteroatoms. The van der Waals surface area contributed by atoms with Crippen LogP contribution in [0.5, 0.6) is 5.75 Å². The Kier molecular flexibility index (Phi) is 12.1. The fraction of sp³-hybridized carbons (Fsp3) is 0.441. The van der Waals surface area contributed by atoms with Crippen LogP contribution in [-0.4, -0.2) is 71.8 Å². The van der Waals surface area contributed by atoms with Crippen LogP contribution in [0, 0.1) is 12.8 Å². The monoisotopic (exact) mass is 633 g/mol. The van der Waals surface area contributed by atoms with E-state index < -0.39 is 18.0 Å². The van der Waals surface area contributed by atoms with Crippen LogP contribution < -0.4 is 20.7 Å². The summed E-state index contributed by atoms with van der Waals surface area (Å²) in [6.07, 6.45) is 1.94. The van der Waals surface area contributed by atoms with Gasteiger partial charge in [0, 0.05) is 37.5 Å². The molecule has 2 aromatic carbocycles. The van der Waals surface area contributed by atoms with Crippen molar-refractivity contribution in [3.8, 4) is 5.75 Å². The third-order valence-corrected chi connectivity index (χ3v) is 8.86. The lowest BCUT2D eigenvalue weighted by Crippen LogP contribution is -2.54. The Morgan fingerprint density at radius 1 is 1.09 bits per heavy atom. The van der Waals surface area contributed by atoms with E-state index in [-0.39, 0.29) is 54.7 Å². The highest BCUT2D eigenvalue weighted by Crippen LogP contribution is 2.21. The molecule has 240 valence electrons. The van der Waals surface area contributed by atoms with Crippen molar-refractivity contribution in [2.75, 3.05) is 20.2 Å². The molecule has 2 heterocycles. The number of fused-ring (bicyclic) bond motifs is 1. The number of carbonyl (C=O) groups is 4. The van der Waals surface area contributed by atoms with Crippen molar-refractivity contribution in [2.24, 2.45) is 5.92 Å². The summed E-state index contributed by atoms with van der Waals surface area (Å²) < 4.78 is 6.23. The molecule has 0 bridgehead atoms. The maximum absolute atomic E-state index is 13.8. The number of amides is 4. The first-order chi connectivity index (χ1) is 21.6. The molecule has 3 N–H and O–H groups in total. The molecule has 3 atom stereocenters. The van der Waals surface area contributed by atoms with E-state index in [1.54, 1.807) is 47.5 Å². The van der Waals surface area contributed by atoms with Crippen molar-refractivity contribution in [1.29, 1.82) is 0 Å². The quantitative estimate of drug-likeness (QED) is 0.325. The lowest BCUT2D eigenvalue weighted by Gasteiger charge is -2.33. The van der Waals surface area contributed by atoms with E-state index in [0.717, 1.165) is 22.7 Å². The molecule has 0 radical (unpaired) electrons. The average molecular weight is 634 g/mol. The number of ether oxygens (including phenoxy) is 1. The van der Waals surface area contributed by atoms with Crippen LogP contribution in [0.15, 0.2) is 60.0 Å².